The predicted octanol–water partition coefficient (Wildman–Crippen LogP) is -0.113. The number of pyridine rings is 1. The summed E-state index contributed by atoms with van der Waals surface area (Å²) in [6.45, 7) is 2.77. The summed E-state index contributed by atoms with van der Waals surface area (Å²) < 4.78 is 24.0. The van der Waals surface area contributed by atoms with Crippen molar-refractivity contribution in [3.8, 4) is 0 Å². The Morgan fingerprint density at radius 1 is 1.19 bits per heavy atom. The first-order chi connectivity index (χ1) is 12.3. The quantitative estimate of drug-likeness (QED) is 0.737. The first kappa shape index (κ1) is 18.5. The molecule has 9 heteroatoms. The molecule has 0 bridgehead atoms. The van der Waals surface area contributed by atoms with E-state index in [1.54, 1.807) is 29.3 Å². The molecular weight excluding hydrogens is 356 g/mol. The lowest BCUT2D eigenvalue weighted by atomic mass is 10.2. The molecule has 0 saturated carbocycles. The number of hydrogen-bond donors (Lipinski definition) is 0. The zero-order chi connectivity index (χ0) is 18.7. The van der Waals surface area contributed by atoms with E-state index < -0.39 is 9.84 Å². The van der Waals surface area contributed by atoms with Crippen LogP contribution in [-0.4, -0.2) is 78.2 Å². The van der Waals surface area contributed by atoms with Crippen molar-refractivity contribution in [2.45, 2.75) is 6.42 Å². The van der Waals surface area contributed by atoms with Gasteiger partial charge in [0.05, 0.1) is 5.75 Å². The highest BCUT2D eigenvalue weighted by Gasteiger charge is 2.23. The molecule has 0 radical (unpaired) electrons. The van der Waals surface area contributed by atoms with Crippen molar-refractivity contribution in [1.29, 1.82) is 0 Å². The van der Waals surface area contributed by atoms with Crippen molar-refractivity contribution in [2.75, 3.05) is 44.7 Å². The Kier molecular flexibility index (Phi) is 5.38. The third kappa shape index (κ3) is 4.28. The molecule has 1 amide bonds. The van der Waals surface area contributed by atoms with Crippen molar-refractivity contribution < 1.29 is 13.2 Å². The van der Waals surface area contributed by atoms with Crippen LogP contribution in [0.15, 0.2) is 35.4 Å². The van der Waals surface area contributed by atoms with Crippen molar-refractivity contribution in [3.63, 3.8) is 0 Å². The zero-order valence-electron chi connectivity index (χ0n) is 14.7. The monoisotopic (exact) mass is 378 g/mol. The zero-order valence-corrected chi connectivity index (χ0v) is 15.5. The molecule has 2 aromatic rings. The van der Waals surface area contributed by atoms with E-state index in [4.69, 9.17) is 0 Å². The molecule has 2 aromatic heterocycles. The molecule has 1 aliphatic rings. The van der Waals surface area contributed by atoms with Crippen molar-refractivity contribution in [1.82, 2.24) is 19.2 Å². The topological polar surface area (TPSA) is 92.1 Å². The number of fused-ring (bicyclic) bond motifs is 1. The van der Waals surface area contributed by atoms with E-state index in [1.165, 1.54) is 16.9 Å². The Labute approximate surface area is 152 Å². The van der Waals surface area contributed by atoms with E-state index in [2.05, 4.69) is 4.98 Å². The molecule has 0 N–H and O–H groups in total. The lowest BCUT2D eigenvalue weighted by Crippen LogP contribution is -2.39. The first-order valence-corrected chi connectivity index (χ1v) is 10.6. The molecule has 1 saturated heterocycles. The molecular formula is C17H22N4O4S. The predicted molar refractivity (Wildman–Crippen MR) is 98.1 cm³/mol. The van der Waals surface area contributed by atoms with Gasteiger partial charge in [-0.05, 0) is 25.1 Å². The molecule has 26 heavy (non-hydrogen) atoms. The maximum Gasteiger partial charge on any atom is 0.270 e. The van der Waals surface area contributed by atoms with Gasteiger partial charge in [0.25, 0.3) is 11.5 Å². The van der Waals surface area contributed by atoms with Crippen LogP contribution in [-0.2, 0) is 9.84 Å². The van der Waals surface area contributed by atoms with Crippen LogP contribution < -0.4 is 5.56 Å². The fourth-order valence-electron chi connectivity index (χ4n) is 3.04. The molecule has 8 nitrogen and oxygen atoms in total. The molecule has 3 heterocycles. The van der Waals surface area contributed by atoms with Crippen LogP contribution in [0.2, 0.25) is 0 Å². The summed E-state index contributed by atoms with van der Waals surface area (Å²) >= 11 is 0. The van der Waals surface area contributed by atoms with Crippen LogP contribution in [0.5, 0.6) is 0 Å². The van der Waals surface area contributed by atoms with Gasteiger partial charge in [0.2, 0.25) is 0 Å². The SMILES string of the molecule is CS(=O)(=O)CCN1CCCN(C(=O)c2cnc3ccccn3c2=O)CC1. The number of hydrogen-bond acceptors (Lipinski definition) is 6. The van der Waals surface area contributed by atoms with Gasteiger partial charge in [-0.15, -0.1) is 0 Å². The fourth-order valence-corrected chi connectivity index (χ4v) is 3.63. The maximum absolute atomic E-state index is 12.8. The van der Waals surface area contributed by atoms with Gasteiger partial charge >= 0.3 is 0 Å². The van der Waals surface area contributed by atoms with Gasteiger partial charge in [0.1, 0.15) is 21.0 Å². The average Bonchev–Trinajstić information content (AvgIpc) is 2.85. The third-order valence-electron chi connectivity index (χ3n) is 4.50. The van der Waals surface area contributed by atoms with Gasteiger partial charge < -0.3 is 9.80 Å². The molecule has 0 aliphatic carbocycles. The van der Waals surface area contributed by atoms with Crippen LogP contribution in [0.1, 0.15) is 16.8 Å². The summed E-state index contributed by atoms with van der Waals surface area (Å²) in [5.74, 6) is -0.220. The minimum absolute atomic E-state index is 0.0540. The van der Waals surface area contributed by atoms with E-state index in [0.29, 0.717) is 31.8 Å². The molecule has 1 fully saturated rings. The van der Waals surface area contributed by atoms with Crippen molar-refractivity contribution in [2.24, 2.45) is 0 Å². The van der Waals surface area contributed by atoms with Crippen molar-refractivity contribution >= 4 is 21.4 Å². The summed E-state index contributed by atoms with van der Waals surface area (Å²) in [5.41, 5.74) is 0.175. The van der Waals surface area contributed by atoms with Gasteiger partial charge in [0.15, 0.2) is 0 Å². The van der Waals surface area contributed by atoms with Crippen LogP contribution >= 0.6 is 0 Å². The minimum Gasteiger partial charge on any atom is -0.337 e. The standard InChI is InChI=1S/C17H22N4O4S/c1-26(24,25)12-11-19-6-4-7-20(10-9-19)16(22)14-13-18-15-5-2-3-8-21(15)17(14)23/h2-3,5,8,13H,4,6-7,9-12H2,1H3. The molecule has 140 valence electrons. The number of nitrogens with zero attached hydrogens (tertiary/aromatic N) is 4. The van der Waals surface area contributed by atoms with Crippen molar-refractivity contribution in [3.05, 3.63) is 46.5 Å². The van der Waals surface area contributed by atoms with E-state index in [1.807, 2.05) is 4.90 Å². The summed E-state index contributed by atoms with van der Waals surface area (Å²) in [5, 5.41) is 0. The molecule has 0 aromatic carbocycles. The molecule has 1 aliphatic heterocycles. The van der Waals surface area contributed by atoms with Gasteiger partial charge in [-0.1, -0.05) is 6.07 Å². The lowest BCUT2D eigenvalue weighted by molar-refractivity contribution is 0.0759. The highest BCUT2D eigenvalue weighted by atomic mass is 32.2. The highest BCUT2D eigenvalue weighted by molar-refractivity contribution is 7.90. The number of carbonyl (C=O) groups is 1. The van der Waals surface area contributed by atoms with Crippen LogP contribution in [0.3, 0.4) is 0 Å². The first-order valence-electron chi connectivity index (χ1n) is 8.51. The number of amides is 1. The van der Waals surface area contributed by atoms with E-state index >= 15 is 0 Å². The average molecular weight is 378 g/mol. The number of aromatic nitrogens is 2. The number of sulfone groups is 1. The number of carbonyl (C=O) groups excluding carboxylic acids is 1. The number of rotatable bonds is 4. The van der Waals surface area contributed by atoms with Crippen LogP contribution in [0.25, 0.3) is 5.65 Å². The van der Waals surface area contributed by atoms with Gasteiger partial charge in [-0.3, -0.25) is 14.0 Å². The Hall–Kier alpha value is -2.26. The maximum atomic E-state index is 12.8. The van der Waals surface area contributed by atoms with Gasteiger partial charge in [0, 0.05) is 44.8 Å². The largest absolute Gasteiger partial charge is 0.337 e. The normalized spacial score (nSPS) is 16.6. The smallest absolute Gasteiger partial charge is 0.270 e. The molecule has 3 rings (SSSR count). The lowest BCUT2D eigenvalue weighted by Gasteiger charge is -2.21. The minimum atomic E-state index is -3.01. The summed E-state index contributed by atoms with van der Waals surface area (Å²) in [6, 6.07) is 5.21. The van der Waals surface area contributed by atoms with E-state index in [0.717, 1.165) is 13.0 Å². The molecule has 0 spiro atoms. The Bertz CT molecular complexity index is 970. The van der Waals surface area contributed by atoms with Gasteiger partial charge in [-0.2, -0.15) is 0 Å². The third-order valence-corrected chi connectivity index (χ3v) is 5.42. The Balaban J connectivity index is 1.73. The summed E-state index contributed by atoms with van der Waals surface area (Å²) in [7, 11) is -3.01. The summed E-state index contributed by atoms with van der Waals surface area (Å²) in [4.78, 5) is 33.3. The Morgan fingerprint density at radius 2 is 2.00 bits per heavy atom. The second kappa shape index (κ2) is 7.55. The van der Waals surface area contributed by atoms with Gasteiger partial charge in [-0.25, -0.2) is 13.4 Å². The van der Waals surface area contributed by atoms with E-state index in [9.17, 15) is 18.0 Å². The van der Waals surface area contributed by atoms with Crippen LogP contribution in [0, 0.1) is 0 Å². The summed E-state index contributed by atoms with van der Waals surface area (Å²) in [6.07, 6.45) is 4.89. The molecule has 0 atom stereocenters. The van der Waals surface area contributed by atoms with E-state index in [-0.39, 0.29) is 22.8 Å². The fraction of sp³-hybridized carbons (Fsp3) is 0.471. The molecule has 0 unspecified atom stereocenters. The Morgan fingerprint density at radius 3 is 2.77 bits per heavy atom. The highest BCUT2D eigenvalue weighted by Crippen LogP contribution is 2.08. The van der Waals surface area contributed by atoms with Crippen LogP contribution in [0.4, 0.5) is 0 Å². The second-order valence-corrected chi connectivity index (χ2v) is 8.78. The second-order valence-electron chi connectivity index (χ2n) is 6.52.